The van der Waals surface area contributed by atoms with Crippen LogP contribution in [0.1, 0.15) is 5.56 Å². The van der Waals surface area contributed by atoms with Crippen molar-refractivity contribution in [1.29, 1.82) is 0 Å². The van der Waals surface area contributed by atoms with Gasteiger partial charge in [-0.2, -0.15) is 0 Å². The number of benzene rings is 2. The molecular formula is C26H26ClN5O3. The Morgan fingerprint density at radius 1 is 0.971 bits per heavy atom. The Morgan fingerprint density at radius 3 is 2.40 bits per heavy atom. The Labute approximate surface area is 208 Å². The number of fused-ring (bicyclic) bond motifs is 1. The zero-order valence-corrected chi connectivity index (χ0v) is 20.4. The van der Waals surface area contributed by atoms with Crippen LogP contribution in [0, 0.1) is 0 Å². The molecular weight excluding hydrogens is 466 g/mol. The molecule has 1 aliphatic heterocycles. The van der Waals surface area contributed by atoms with E-state index in [-0.39, 0.29) is 5.56 Å². The van der Waals surface area contributed by atoms with Crippen LogP contribution in [-0.2, 0) is 6.54 Å². The number of anilines is 1. The molecule has 8 nitrogen and oxygen atoms in total. The summed E-state index contributed by atoms with van der Waals surface area (Å²) in [5, 5.41) is 1.60. The molecule has 1 fully saturated rings. The summed E-state index contributed by atoms with van der Waals surface area (Å²) in [5.74, 6) is 1.93. The van der Waals surface area contributed by atoms with Gasteiger partial charge in [-0.3, -0.25) is 9.69 Å². The summed E-state index contributed by atoms with van der Waals surface area (Å²) >= 11 is 6.01. The third-order valence-corrected chi connectivity index (χ3v) is 6.51. The monoisotopic (exact) mass is 491 g/mol. The number of nitrogens with zero attached hydrogens (tertiary/aromatic N) is 4. The van der Waals surface area contributed by atoms with Gasteiger partial charge in [0.05, 0.1) is 25.4 Å². The maximum Gasteiger partial charge on any atom is 0.252 e. The standard InChI is InChI=1S/C26H26ClN5O3/c1-34-23-14-18-13-19(25(33)29-22(18)15-24(23)35-2)16-31-9-11-32(12-10-31)26-28-8-7-21(30-26)17-3-5-20(27)6-4-17/h3-8,13-15H,9-12,16H2,1-2H3,(H,29,33). The maximum absolute atomic E-state index is 12.7. The first kappa shape index (κ1) is 23.1. The van der Waals surface area contributed by atoms with Crippen molar-refractivity contribution in [2.75, 3.05) is 45.3 Å². The predicted octanol–water partition coefficient (Wildman–Crippen LogP) is 3.98. The van der Waals surface area contributed by atoms with Crippen molar-refractivity contribution in [3.63, 3.8) is 0 Å². The fourth-order valence-corrected chi connectivity index (χ4v) is 4.45. The van der Waals surface area contributed by atoms with E-state index in [4.69, 9.17) is 26.1 Å². The Morgan fingerprint density at radius 2 is 1.69 bits per heavy atom. The number of ether oxygens (including phenoxy) is 2. The van der Waals surface area contributed by atoms with Crippen molar-refractivity contribution in [3.8, 4) is 22.8 Å². The number of halogens is 1. The molecule has 9 heteroatoms. The first-order chi connectivity index (χ1) is 17.0. The van der Waals surface area contributed by atoms with Gasteiger partial charge in [-0.15, -0.1) is 0 Å². The summed E-state index contributed by atoms with van der Waals surface area (Å²) in [6.07, 6.45) is 1.79. The number of aromatic amines is 1. The summed E-state index contributed by atoms with van der Waals surface area (Å²) < 4.78 is 10.8. The zero-order chi connectivity index (χ0) is 24.4. The van der Waals surface area contributed by atoms with Gasteiger partial charge in [-0.25, -0.2) is 9.97 Å². The molecule has 5 rings (SSSR count). The summed E-state index contributed by atoms with van der Waals surface area (Å²) in [7, 11) is 3.18. The zero-order valence-electron chi connectivity index (χ0n) is 19.6. The Bertz CT molecular complexity index is 1400. The highest BCUT2D eigenvalue weighted by Gasteiger charge is 2.21. The summed E-state index contributed by atoms with van der Waals surface area (Å²) in [4.78, 5) is 29.4. The number of pyridine rings is 1. The van der Waals surface area contributed by atoms with Gasteiger partial charge < -0.3 is 19.4 Å². The van der Waals surface area contributed by atoms with E-state index in [2.05, 4.69) is 19.8 Å². The Hall–Kier alpha value is -3.62. The minimum absolute atomic E-state index is 0.0915. The van der Waals surface area contributed by atoms with E-state index in [1.165, 1.54) is 0 Å². The quantitative estimate of drug-likeness (QED) is 0.436. The molecule has 180 valence electrons. The third kappa shape index (κ3) is 4.94. The molecule has 35 heavy (non-hydrogen) atoms. The number of hydrogen-bond donors (Lipinski definition) is 1. The summed E-state index contributed by atoms with van der Waals surface area (Å²) in [6, 6.07) is 15.1. The van der Waals surface area contributed by atoms with Gasteiger partial charge in [0.2, 0.25) is 5.95 Å². The van der Waals surface area contributed by atoms with E-state index in [0.717, 1.165) is 53.9 Å². The lowest BCUT2D eigenvalue weighted by Crippen LogP contribution is -2.47. The summed E-state index contributed by atoms with van der Waals surface area (Å²) in [6.45, 7) is 3.73. The van der Waals surface area contributed by atoms with Gasteiger partial charge in [0.25, 0.3) is 5.56 Å². The highest BCUT2D eigenvalue weighted by molar-refractivity contribution is 6.30. The van der Waals surface area contributed by atoms with Crippen LogP contribution in [0.2, 0.25) is 5.02 Å². The second-order valence-electron chi connectivity index (χ2n) is 8.43. The first-order valence-corrected chi connectivity index (χ1v) is 11.8. The van der Waals surface area contributed by atoms with Crippen LogP contribution < -0.4 is 19.9 Å². The molecule has 1 saturated heterocycles. The Balaban J connectivity index is 1.28. The number of methoxy groups -OCH3 is 2. The van der Waals surface area contributed by atoms with Gasteiger partial charge >= 0.3 is 0 Å². The molecule has 4 aromatic rings. The molecule has 0 unspecified atom stereocenters. The molecule has 2 aromatic heterocycles. The minimum atomic E-state index is -0.0915. The van der Waals surface area contributed by atoms with Crippen LogP contribution in [0.5, 0.6) is 11.5 Å². The van der Waals surface area contributed by atoms with Gasteiger partial charge in [0, 0.05) is 66.5 Å². The molecule has 3 heterocycles. The number of hydrogen-bond acceptors (Lipinski definition) is 7. The highest BCUT2D eigenvalue weighted by atomic mass is 35.5. The van der Waals surface area contributed by atoms with E-state index >= 15 is 0 Å². The van der Waals surface area contributed by atoms with Crippen LogP contribution >= 0.6 is 11.6 Å². The van der Waals surface area contributed by atoms with Crippen LogP contribution in [0.25, 0.3) is 22.2 Å². The summed E-state index contributed by atoms with van der Waals surface area (Å²) in [5.41, 5.74) is 3.22. The SMILES string of the molecule is COc1cc2cc(CN3CCN(c4nccc(-c5ccc(Cl)cc5)n4)CC3)c(=O)[nH]c2cc1OC. The molecule has 0 bridgehead atoms. The van der Waals surface area contributed by atoms with Gasteiger partial charge in [-0.1, -0.05) is 23.7 Å². The fourth-order valence-electron chi connectivity index (χ4n) is 4.32. The molecule has 0 amide bonds. The highest BCUT2D eigenvalue weighted by Crippen LogP contribution is 2.31. The lowest BCUT2D eigenvalue weighted by molar-refractivity contribution is 0.248. The van der Waals surface area contributed by atoms with E-state index in [1.807, 2.05) is 42.5 Å². The number of H-pyrrole nitrogens is 1. The molecule has 0 aliphatic carbocycles. The van der Waals surface area contributed by atoms with E-state index < -0.39 is 0 Å². The van der Waals surface area contributed by atoms with Crippen LogP contribution in [0.4, 0.5) is 5.95 Å². The van der Waals surface area contributed by atoms with Crippen LogP contribution in [-0.4, -0.2) is 60.3 Å². The maximum atomic E-state index is 12.7. The second-order valence-corrected chi connectivity index (χ2v) is 8.87. The minimum Gasteiger partial charge on any atom is -0.493 e. The molecule has 1 aliphatic rings. The van der Waals surface area contributed by atoms with Crippen molar-refractivity contribution in [2.45, 2.75) is 6.54 Å². The Kier molecular flexibility index (Phi) is 6.57. The smallest absolute Gasteiger partial charge is 0.252 e. The normalized spacial score (nSPS) is 14.3. The molecule has 1 N–H and O–H groups in total. The van der Waals surface area contributed by atoms with Crippen LogP contribution in [0.15, 0.2) is 59.5 Å². The van der Waals surface area contributed by atoms with E-state index in [9.17, 15) is 4.79 Å². The largest absolute Gasteiger partial charge is 0.493 e. The molecule has 0 spiro atoms. The lowest BCUT2D eigenvalue weighted by atomic mass is 10.1. The van der Waals surface area contributed by atoms with E-state index in [0.29, 0.717) is 29.0 Å². The van der Waals surface area contributed by atoms with Crippen molar-refractivity contribution in [2.24, 2.45) is 0 Å². The number of piperazine rings is 1. The third-order valence-electron chi connectivity index (χ3n) is 6.26. The lowest BCUT2D eigenvalue weighted by Gasteiger charge is -2.34. The fraction of sp³-hybridized carbons (Fsp3) is 0.269. The van der Waals surface area contributed by atoms with Crippen molar-refractivity contribution < 1.29 is 9.47 Å². The average molecular weight is 492 g/mol. The van der Waals surface area contributed by atoms with Crippen molar-refractivity contribution in [1.82, 2.24) is 19.9 Å². The van der Waals surface area contributed by atoms with Crippen LogP contribution in [0.3, 0.4) is 0 Å². The topological polar surface area (TPSA) is 83.6 Å². The molecule has 0 saturated carbocycles. The van der Waals surface area contributed by atoms with Gasteiger partial charge in [-0.05, 0) is 30.3 Å². The van der Waals surface area contributed by atoms with Crippen molar-refractivity contribution in [3.05, 3.63) is 75.7 Å². The van der Waals surface area contributed by atoms with Gasteiger partial charge in [0.1, 0.15) is 0 Å². The number of nitrogens with one attached hydrogen (secondary N) is 1. The van der Waals surface area contributed by atoms with Crippen molar-refractivity contribution >= 4 is 28.5 Å². The number of aromatic nitrogens is 3. The average Bonchev–Trinajstić information content (AvgIpc) is 2.89. The molecule has 0 atom stereocenters. The predicted molar refractivity (Wildman–Crippen MR) is 138 cm³/mol. The molecule has 2 aromatic carbocycles. The van der Waals surface area contributed by atoms with E-state index in [1.54, 1.807) is 26.5 Å². The van der Waals surface area contributed by atoms with Gasteiger partial charge in [0.15, 0.2) is 11.5 Å². The first-order valence-electron chi connectivity index (χ1n) is 11.4. The number of rotatable bonds is 6. The second kappa shape index (κ2) is 9.93. The molecule has 0 radical (unpaired) electrons.